The number of aliphatic imine (C=N–C) groups is 1. The summed E-state index contributed by atoms with van der Waals surface area (Å²) < 4.78 is 34.9. The average molecular weight is 363 g/mol. The van der Waals surface area contributed by atoms with Crippen molar-refractivity contribution in [2.45, 2.75) is 26.6 Å². The summed E-state index contributed by atoms with van der Waals surface area (Å²) in [5.74, 6) is 1.08. The van der Waals surface area contributed by atoms with Gasteiger partial charge in [-0.25, -0.2) is 0 Å². The van der Waals surface area contributed by atoms with Gasteiger partial charge in [-0.2, -0.15) is 8.78 Å². The molecule has 0 unspecified atom stereocenters. The zero-order chi connectivity index (χ0) is 18.9. The fourth-order valence-electron chi connectivity index (χ4n) is 2.42. The normalized spacial score (nSPS) is 11.4. The fourth-order valence-corrected chi connectivity index (χ4v) is 2.42. The SMILES string of the molecule is CN=C(NCc1cccc(C)c1)NCc1ccc(OC)cc1OC(F)F. The molecule has 0 aliphatic heterocycles. The summed E-state index contributed by atoms with van der Waals surface area (Å²) in [6.07, 6.45) is 0. The molecule has 0 aromatic heterocycles. The lowest BCUT2D eigenvalue weighted by Crippen LogP contribution is -2.36. The van der Waals surface area contributed by atoms with Crippen LogP contribution in [0.15, 0.2) is 47.5 Å². The van der Waals surface area contributed by atoms with Gasteiger partial charge in [0, 0.05) is 31.8 Å². The fraction of sp³-hybridized carbons (Fsp3) is 0.316. The van der Waals surface area contributed by atoms with Gasteiger partial charge in [-0.05, 0) is 24.6 Å². The number of guanidine groups is 1. The Morgan fingerprint density at radius 3 is 2.54 bits per heavy atom. The molecule has 0 radical (unpaired) electrons. The molecule has 2 aromatic rings. The maximum atomic E-state index is 12.6. The van der Waals surface area contributed by atoms with Crippen molar-refractivity contribution in [1.29, 1.82) is 0 Å². The van der Waals surface area contributed by atoms with Gasteiger partial charge in [-0.1, -0.05) is 29.8 Å². The Morgan fingerprint density at radius 1 is 1.12 bits per heavy atom. The van der Waals surface area contributed by atoms with Crippen LogP contribution in [0.2, 0.25) is 0 Å². The molecule has 0 amide bonds. The van der Waals surface area contributed by atoms with Crippen molar-refractivity contribution in [1.82, 2.24) is 10.6 Å². The van der Waals surface area contributed by atoms with Crippen molar-refractivity contribution in [2.24, 2.45) is 4.99 Å². The van der Waals surface area contributed by atoms with Crippen molar-refractivity contribution in [3.63, 3.8) is 0 Å². The Hall–Kier alpha value is -2.83. The summed E-state index contributed by atoms with van der Waals surface area (Å²) in [5, 5.41) is 6.29. The van der Waals surface area contributed by atoms with E-state index in [0.717, 1.165) is 5.56 Å². The van der Waals surface area contributed by atoms with Crippen molar-refractivity contribution < 1.29 is 18.3 Å². The molecule has 140 valence electrons. The van der Waals surface area contributed by atoms with Crippen LogP contribution in [-0.2, 0) is 13.1 Å². The zero-order valence-electron chi connectivity index (χ0n) is 15.1. The third-order valence-electron chi connectivity index (χ3n) is 3.70. The van der Waals surface area contributed by atoms with E-state index < -0.39 is 6.61 Å². The molecule has 0 saturated heterocycles. The highest BCUT2D eigenvalue weighted by Crippen LogP contribution is 2.26. The second kappa shape index (κ2) is 9.60. The first-order valence-electron chi connectivity index (χ1n) is 8.13. The quantitative estimate of drug-likeness (QED) is 0.584. The van der Waals surface area contributed by atoms with Crippen LogP contribution in [0.25, 0.3) is 0 Å². The number of ether oxygens (including phenoxy) is 2. The van der Waals surface area contributed by atoms with Gasteiger partial charge in [-0.3, -0.25) is 4.99 Å². The number of benzene rings is 2. The van der Waals surface area contributed by atoms with Crippen molar-refractivity contribution >= 4 is 5.96 Å². The standard InChI is InChI=1S/C19H23F2N3O2/c1-13-5-4-6-14(9-13)11-23-19(22-2)24-12-15-7-8-16(25-3)10-17(15)26-18(20)21/h4-10,18H,11-12H2,1-3H3,(H2,22,23,24). The Morgan fingerprint density at radius 2 is 1.88 bits per heavy atom. The number of methoxy groups -OCH3 is 1. The van der Waals surface area contributed by atoms with Gasteiger partial charge in [0.05, 0.1) is 7.11 Å². The summed E-state index contributed by atoms with van der Waals surface area (Å²) >= 11 is 0. The van der Waals surface area contributed by atoms with E-state index in [1.807, 2.05) is 25.1 Å². The second-order valence-corrected chi connectivity index (χ2v) is 5.62. The Bertz CT molecular complexity index is 751. The van der Waals surface area contributed by atoms with E-state index in [1.54, 1.807) is 19.2 Å². The van der Waals surface area contributed by atoms with Gasteiger partial charge in [0.2, 0.25) is 0 Å². The topological polar surface area (TPSA) is 54.9 Å². The van der Waals surface area contributed by atoms with Crippen LogP contribution in [0.4, 0.5) is 8.78 Å². The molecular formula is C19H23F2N3O2. The van der Waals surface area contributed by atoms with Gasteiger partial charge in [-0.15, -0.1) is 0 Å². The lowest BCUT2D eigenvalue weighted by atomic mass is 10.1. The molecule has 2 rings (SSSR count). The van der Waals surface area contributed by atoms with E-state index in [9.17, 15) is 8.78 Å². The summed E-state index contributed by atoms with van der Waals surface area (Å²) in [6.45, 7) is 0.00826. The molecule has 2 N–H and O–H groups in total. The Kier molecular flexibility index (Phi) is 7.20. The summed E-state index contributed by atoms with van der Waals surface area (Å²) in [5.41, 5.74) is 2.88. The van der Waals surface area contributed by atoms with Gasteiger partial charge < -0.3 is 20.1 Å². The summed E-state index contributed by atoms with van der Waals surface area (Å²) in [7, 11) is 3.12. The van der Waals surface area contributed by atoms with Crippen molar-refractivity contribution in [2.75, 3.05) is 14.2 Å². The molecular weight excluding hydrogens is 340 g/mol. The van der Waals surface area contributed by atoms with E-state index >= 15 is 0 Å². The van der Waals surface area contributed by atoms with E-state index in [4.69, 9.17) is 4.74 Å². The Labute approximate surface area is 152 Å². The minimum atomic E-state index is -2.90. The van der Waals surface area contributed by atoms with Gasteiger partial charge in [0.1, 0.15) is 11.5 Å². The third-order valence-corrected chi connectivity index (χ3v) is 3.70. The number of nitrogens with one attached hydrogen (secondary N) is 2. The summed E-state index contributed by atoms with van der Waals surface area (Å²) in [4.78, 5) is 4.15. The van der Waals surface area contributed by atoms with Crippen LogP contribution in [0.1, 0.15) is 16.7 Å². The van der Waals surface area contributed by atoms with Gasteiger partial charge >= 0.3 is 6.61 Å². The third kappa shape index (κ3) is 5.91. The molecule has 7 heteroatoms. The first-order valence-corrected chi connectivity index (χ1v) is 8.13. The maximum Gasteiger partial charge on any atom is 0.387 e. The first-order chi connectivity index (χ1) is 12.5. The van der Waals surface area contributed by atoms with Gasteiger partial charge in [0.15, 0.2) is 5.96 Å². The van der Waals surface area contributed by atoms with Crippen LogP contribution >= 0.6 is 0 Å². The molecule has 5 nitrogen and oxygen atoms in total. The summed E-state index contributed by atoms with van der Waals surface area (Å²) in [6, 6.07) is 12.9. The number of aryl methyl sites for hydroxylation is 1. The second-order valence-electron chi connectivity index (χ2n) is 5.62. The number of hydrogen-bond acceptors (Lipinski definition) is 3. The molecule has 0 fully saturated rings. The maximum absolute atomic E-state index is 12.6. The zero-order valence-corrected chi connectivity index (χ0v) is 15.1. The van der Waals surface area contributed by atoms with Crippen LogP contribution in [0, 0.1) is 6.92 Å². The van der Waals surface area contributed by atoms with Crippen LogP contribution in [0.3, 0.4) is 0 Å². The van der Waals surface area contributed by atoms with Gasteiger partial charge in [0.25, 0.3) is 0 Å². The lowest BCUT2D eigenvalue weighted by Gasteiger charge is -2.15. The average Bonchev–Trinajstić information content (AvgIpc) is 2.62. The number of alkyl halides is 2. The minimum Gasteiger partial charge on any atom is -0.497 e. The number of nitrogens with zero attached hydrogens (tertiary/aromatic N) is 1. The van der Waals surface area contributed by atoms with E-state index in [0.29, 0.717) is 23.8 Å². The molecule has 0 bridgehead atoms. The van der Waals surface area contributed by atoms with Crippen molar-refractivity contribution in [3.8, 4) is 11.5 Å². The largest absolute Gasteiger partial charge is 0.497 e. The molecule has 26 heavy (non-hydrogen) atoms. The molecule has 0 atom stereocenters. The molecule has 0 heterocycles. The highest BCUT2D eigenvalue weighted by atomic mass is 19.3. The van der Waals surface area contributed by atoms with Crippen LogP contribution in [0.5, 0.6) is 11.5 Å². The monoisotopic (exact) mass is 363 g/mol. The highest BCUT2D eigenvalue weighted by Gasteiger charge is 2.12. The van der Waals surface area contributed by atoms with Crippen molar-refractivity contribution in [3.05, 3.63) is 59.2 Å². The molecule has 2 aromatic carbocycles. The molecule has 0 spiro atoms. The van der Waals surface area contributed by atoms with Crippen LogP contribution in [-0.4, -0.2) is 26.7 Å². The molecule has 0 aliphatic rings. The predicted molar refractivity (Wildman–Crippen MR) is 97.8 cm³/mol. The molecule has 0 saturated carbocycles. The predicted octanol–water partition coefficient (Wildman–Crippen LogP) is 3.47. The number of rotatable bonds is 7. The number of hydrogen-bond donors (Lipinski definition) is 2. The Balaban J connectivity index is 1.99. The van der Waals surface area contributed by atoms with Crippen LogP contribution < -0.4 is 20.1 Å². The number of halogens is 2. The van der Waals surface area contributed by atoms with E-state index in [2.05, 4.69) is 26.4 Å². The van der Waals surface area contributed by atoms with E-state index in [1.165, 1.54) is 18.7 Å². The van der Waals surface area contributed by atoms with E-state index in [-0.39, 0.29) is 12.3 Å². The molecule has 0 aliphatic carbocycles. The minimum absolute atomic E-state index is 0.0704. The lowest BCUT2D eigenvalue weighted by molar-refractivity contribution is -0.0505. The smallest absolute Gasteiger partial charge is 0.387 e. The first kappa shape index (κ1) is 19.5. The highest BCUT2D eigenvalue weighted by molar-refractivity contribution is 5.79.